The molecule has 0 aliphatic carbocycles. The van der Waals surface area contributed by atoms with Crippen molar-refractivity contribution in [2.75, 3.05) is 24.5 Å². The van der Waals surface area contributed by atoms with Gasteiger partial charge >= 0.3 is 6.18 Å². The van der Waals surface area contributed by atoms with Gasteiger partial charge in [0.25, 0.3) is 0 Å². The average Bonchev–Trinajstić information content (AvgIpc) is 2.77. The number of carbonyl (C=O) groups excluding carboxylic acids is 1. The zero-order valence-electron chi connectivity index (χ0n) is 18.0. The van der Waals surface area contributed by atoms with Crippen LogP contribution in [0.3, 0.4) is 0 Å². The summed E-state index contributed by atoms with van der Waals surface area (Å²) in [5.74, 6) is -0.871. The Morgan fingerprint density at radius 2 is 1.76 bits per heavy atom. The van der Waals surface area contributed by atoms with E-state index in [9.17, 15) is 30.8 Å². The molecule has 2 aliphatic rings. The van der Waals surface area contributed by atoms with Gasteiger partial charge in [-0.1, -0.05) is 6.07 Å². The van der Waals surface area contributed by atoms with Crippen LogP contribution in [-0.4, -0.2) is 38.3 Å². The van der Waals surface area contributed by atoms with Gasteiger partial charge in [-0.3, -0.25) is 4.79 Å². The van der Waals surface area contributed by atoms with E-state index in [0.29, 0.717) is 31.0 Å². The van der Waals surface area contributed by atoms with Crippen molar-refractivity contribution in [1.29, 1.82) is 0 Å². The van der Waals surface area contributed by atoms with Crippen LogP contribution in [-0.2, 0) is 27.4 Å². The lowest BCUT2D eigenvalue weighted by atomic mass is 9.92. The summed E-state index contributed by atoms with van der Waals surface area (Å²) >= 11 is 0. The predicted molar refractivity (Wildman–Crippen MR) is 115 cm³/mol. The summed E-state index contributed by atoms with van der Waals surface area (Å²) < 4.78 is 79.8. The molecule has 0 unspecified atom stereocenters. The molecule has 2 aliphatic heterocycles. The molecule has 2 heterocycles. The van der Waals surface area contributed by atoms with Crippen molar-refractivity contribution < 1.29 is 30.8 Å². The number of nitrogens with zero attached hydrogens (tertiary/aromatic N) is 2. The highest BCUT2D eigenvalue weighted by molar-refractivity contribution is 7.89. The zero-order chi connectivity index (χ0) is 24.0. The summed E-state index contributed by atoms with van der Waals surface area (Å²) in [4.78, 5) is 14.5. The number of piperidine rings is 1. The Morgan fingerprint density at radius 1 is 1.06 bits per heavy atom. The Balaban J connectivity index is 1.48. The standard InChI is InChI=1S/C23H24F4N2O3S/c1-15-12-19(24)13-17-4-3-9-29(21(15)17)22(30)16-7-10-28(11-8-16)33(31,32)20-6-2-5-18(14-20)23(25,26)27/h2,5-6,12-14,16H,3-4,7-11H2,1H3. The van der Waals surface area contributed by atoms with Crippen LogP contribution in [0.5, 0.6) is 0 Å². The number of sulfonamides is 1. The predicted octanol–water partition coefficient (Wildman–Crippen LogP) is 4.53. The van der Waals surface area contributed by atoms with E-state index in [1.165, 1.54) is 12.1 Å². The van der Waals surface area contributed by atoms with Crippen molar-refractivity contribution in [2.24, 2.45) is 5.92 Å². The molecule has 1 fully saturated rings. The molecule has 33 heavy (non-hydrogen) atoms. The normalized spacial score (nSPS) is 18.3. The molecule has 5 nitrogen and oxygen atoms in total. The first kappa shape index (κ1) is 23.7. The summed E-state index contributed by atoms with van der Waals surface area (Å²) in [6.07, 6.45) is -2.71. The van der Waals surface area contributed by atoms with Gasteiger partial charge in [0, 0.05) is 31.2 Å². The Kier molecular flexibility index (Phi) is 6.26. The fourth-order valence-corrected chi connectivity index (χ4v) is 6.20. The van der Waals surface area contributed by atoms with E-state index < -0.39 is 32.6 Å². The third-order valence-electron chi connectivity index (χ3n) is 6.31. The van der Waals surface area contributed by atoms with E-state index in [4.69, 9.17) is 0 Å². The lowest BCUT2D eigenvalue weighted by molar-refractivity contribution is -0.137. The summed E-state index contributed by atoms with van der Waals surface area (Å²) in [7, 11) is -4.11. The van der Waals surface area contributed by atoms with Crippen molar-refractivity contribution in [2.45, 2.75) is 43.7 Å². The van der Waals surface area contributed by atoms with Crippen LogP contribution in [0, 0.1) is 18.7 Å². The minimum absolute atomic E-state index is 0.0398. The van der Waals surface area contributed by atoms with Crippen LogP contribution < -0.4 is 4.90 Å². The van der Waals surface area contributed by atoms with Crippen molar-refractivity contribution >= 4 is 21.6 Å². The van der Waals surface area contributed by atoms with Gasteiger partial charge in [-0.2, -0.15) is 17.5 Å². The van der Waals surface area contributed by atoms with Gasteiger partial charge in [0.15, 0.2) is 0 Å². The van der Waals surface area contributed by atoms with Crippen molar-refractivity contribution in [3.63, 3.8) is 0 Å². The second-order valence-corrected chi connectivity index (χ2v) is 10.5. The molecule has 0 aromatic heterocycles. The van der Waals surface area contributed by atoms with Gasteiger partial charge < -0.3 is 4.90 Å². The highest BCUT2D eigenvalue weighted by Crippen LogP contribution is 2.35. The largest absolute Gasteiger partial charge is 0.416 e. The van der Waals surface area contributed by atoms with Crippen LogP contribution in [0.2, 0.25) is 0 Å². The number of aryl methyl sites for hydroxylation is 2. The van der Waals surface area contributed by atoms with Gasteiger partial charge in [-0.15, -0.1) is 0 Å². The minimum atomic E-state index is -4.64. The van der Waals surface area contributed by atoms with Crippen LogP contribution in [0.1, 0.15) is 36.0 Å². The second-order valence-electron chi connectivity index (χ2n) is 8.53. The number of fused-ring (bicyclic) bond motifs is 1. The molecule has 10 heteroatoms. The SMILES string of the molecule is Cc1cc(F)cc2c1N(C(=O)C1CCN(S(=O)(=O)c3cccc(C(F)(F)F)c3)CC1)CCC2. The van der Waals surface area contributed by atoms with Gasteiger partial charge in [0.1, 0.15) is 5.82 Å². The first-order valence-electron chi connectivity index (χ1n) is 10.8. The van der Waals surface area contributed by atoms with Gasteiger partial charge in [-0.05, 0) is 74.1 Å². The van der Waals surface area contributed by atoms with Gasteiger partial charge in [-0.25, -0.2) is 12.8 Å². The number of anilines is 1. The minimum Gasteiger partial charge on any atom is -0.312 e. The maximum atomic E-state index is 13.8. The summed E-state index contributed by atoms with van der Waals surface area (Å²) in [5, 5.41) is 0. The monoisotopic (exact) mass is 484 g/mol. The number of benzene rings is 2. The highest BCUT2D eigenvalue weighted by atomic mass is 32.2. The number of carbonyl (C=O) groups is 1. The fourth-order valence-electron chi connectivity index (χ4n) is 4.69. The van der Waals surface area contributed by atoms with E-state index >= 15 is 0 Å². The number of hydrogen-bond acceptors (Lipinski definition) is 3. The molecule has 0 saturated carbocycles. The van der Waals surface area contributed by atoms with E-state index in [2.05, 4.69) is 0 Å². The third kappa shape index (κ3) is 4.63. The van der Waals surface area contributed by atoms with Crippen LogP contribution >= 0.6 is 0 Å². The molecule has 0 bridgehead atoms. The molecule has 0 radical (unpaired) electrons. The number of alkyl halides is 3. The highest BCUT2D eigenvalue weighted by Gasteiger charge is 2.37. The quantitative estimate of drug-likeness (QED) is 0.602. The molecule has 4 rings (SSSR count). The molecule has 1 saturated heterocycles. The summed E-state index contributed by atoms with van der Waals surface area (Å²) in [6, 6.07) is 6.54. The van der Waals surface area contributed by atoms with Crippen LogP contribution in [0.15, 0.2) is 41.3 Å². The number of rotatable bonds is 3. The molecule has 0 atom stereocenters. The molecule has 2 aromatic rings. The van der Waals surface area contributed by atoms with E-state index in [0.717, 1.165) is 33.8 Å². The Bertz CT molecular complexity index is 1170. The molecular formula is C23H24F4N2O3S. The number of halogens is 4. The molecule has 2 aromatic carbocycles. The number of amides is 1. The molecule has 1 amide bonds. The van der Waals surface area contributed by atoms with Crippen LogP contribution in [0.4, 0.5) is 23.2 Å². The van der Waals surface area contributed by atoms with Crippen molar-refractivity contribution in [3.8, 4) is 0 Å². The Morgan fingerprint density at radius 3 is 2.42 bits per heavy atom. The lowest BCUT2D eigenvalue weighted by Gasteiger charge is -2.36. The van der Waals surface area contributed by atoms with Crippen LogP contribution in [0.25, 0.3) is 0 Å². The third-order valence-corrected chi connectivity index (χ3v) is 8.20. The van der Waals surface area contributed by atoms with Crippen molar-refractivity contribution in [3.05, 3.63) is 58.9 Å². The first-order valence-corrected chi connectivity index (χ1v) is 12.2. The lowest BCUT2D eigenvalue weighted by Crippen LogP contribution is -2.46. The Labute approximate surface area is 190 Å². The second kappa shape index (κ2) is 8.72. The smallest absolute Gasteiger partial charge is 0.312 e. The molecule has 0 N–H and O–H groups in total. The van der Waals surface area contributed by atoms with E-state index in [-0.39, 0.29) is 37.7 Å². The topological polar surface area (TPSA) is 57.7 Å². The maximum absolute atomic E-state index is 13.8. The molecule has 178 valence electrons. The molecule has 0 spiro atoms. The van der Waals surface area contributed by atoms with E-state index in [1.54, 1.807) is 11.8 Å². The van der Waals surface area contributed by atoms with Crippen molar-refractivity contribution in [1.82, 2.24) is 4.31 Å². The van der Waals surface area contributed by atoms with Gasteiger partial charge in [0.05, 0.1) is 10.5 Å². The van der Waals surface area contributed by atoms with Gasteiger partial charge in [0.2, 0.25) is 15.9 Å². The zero-order valence-corrected chi connectivity index (χ0v) is 18.8. The summed E-state index contributed by atoms with van der Waals surface area (Å²) in [6.45, 7) is 2.36. The average molecular weight is 485 g/mol. The van der Waals surface area contributed by atoms with E-state index in [1.807, 2.05) is 0 Å². The Hall–Kier alpha value is -2.46. The molecular weight excluding hydrogens is 460 g/mol. The fraction of sp³-hybridized carbons (Fsp3) is 0.435. The first-order chi connectivity index (χ1) is 15.5. The maximum Gasteiger partial charge on any atom is 0.416 e. The number of hydrogen-bond donors (Lipinski definition) is 0. The summed E-state index contributed by atoms with van der Waals surface area (Å²) in [5.41, 5.74) is 1.18.